The normalized spacial score (nSPS) is 18.2. The average molecular weight is 312 g/mol. The van der Waals surface area contributed by atoms with Gasteiger partial charge < -0.3 is 14.8 Å². The monoisotopic (exact) mass is 312 g/mol. The van der Waals surface area contributed by atoms with Crippen LogP contribution >= 0.6 is 0 Å². The molecule has 1 atom stereocenters. The van der Waals surface area contributed by atoms with Crippen LogP contribution in [0.25, 0.3) is 0 Å². The molecule has 122 valence electrons. The zero-order valence-corrected chi connectivity index (χ0v) is 14.0. The van der Waals surface area contributed by atoms with Crippen LogP contribution in [0, 0.1) is 13.8 Å². The van der Waals surface area contributed by atoms with E-state index in [-0.39, 0.29) is 11.9 Å². The van der Waals surface area contributed by atoms with Crippen molar-refractivity contribution >= 4 is 5.91 Å². The summed E-state index contributed by atoms with van der Waals surface area (Å²) in [6.45, 7) is 9.36. The van der Waals surface area contributed by atoms with Gasteiger partial charge in [-0.2, -0.15) is 0 Å². The lowest BCUT2D eigenvalue weighted by Crippen LogP contribution is -2.52. The SMILES string of the molecule is Cc1cc(C(=O)N2CCNC[C@H]2C)c(C)n1Cc1ccccn1. The van der Waals surface area contributed by atoms with Gasteiger partial charge >= 0.3 is 0 Å². The Bertz CT molecular complexity index is 693. The first-order chi connectivity index (χ1) is 11.1. The quantitative estimate of drug-likeness (QED) is 0.943. The van der Waals surface area contributed by atoms with Crippen molar-refractivity contribution in [3.8, 4) is 0 Å². The van der Waals surface area contributed by atoms with Gasteiger partial charge in [0.05, 0.1) is 17.8 Å². The zero-order valence-electron chi connectivity index (χ0n) is 14.0. The van der Waals surface area contributed by atoms with Crippen LogP contribution in [0.1, 0.15) is 34.4 Å². The minimum absolute atomic E-state index is 0.138. The van der Waals surface area contributed by atoms with Crippen molar-refractivity contribution < 1.29 is 4.79 Å². The highest BCUT2D eigenvalue weighted by atomic mass is 16.2. The molecule has 0 unspecified atom stereocenters. The van der Waals surface area contributed by atoms with Gasteiger partial charge in [0.2, 0.25) is 0 Å². The molecular weight excluding hydrogens is 288 g/mol. The van der Waals surface area contributed by atoms with Crippen molar-refractivity contribution in [3.63, 3.8) is 0 Å². The summed E-state index contributed by atoms with van der Waals surface area (Å²) in [4.78, 5) is 19.3. The summed E-state index contributed by atoms with van der Waals surface area (Å²) in [7, 11) is 0. The van der Waals surface area contributed by atoms with Gasteiger partial charge in [0.25, 0.3) is 5.91 Å². The Labute approximate surface area is 137 Å². The van der Waals surface area contributed by atoms with Gasteiger partial charge in [-0.25, -0.2) is 0 Å². The summed E-state index contributed by atoms with van der Waals surface area (Å²) in [5.74, 6) is 0.138. The minimum atomic E-state index is 0.138. The molecule has 5 heteroatoms. The zero-order chi connectivity index (χ0) is 16.4. The number of nitrogens with one attached hydrogen (secondary N) is 1. The lowest BCUT2D eigenvalue weighted by Gasteiger charge is -2.34. The first-order valence-corrected chi connectivity index (χ1v) is 8.16. The molecule has 0 aromatic carbocycles. The summed E-state index contributed by atoms with van der Waals surface area (Å²) in [6.07, 6.45) is 1.80. The number of rotatable bonds is 3. The maximum atomic E-state index is 12.9. The van der Waals surface area contributed by atoms with E-state index in [1.807, 2.05) is 43.0 Å². The van der Waals surface area contributed by atoms with Crippen LogP contribution in [0.5, 0.6) is 0 Å². The molecule has 2 aromatic rings. The van der Waals surface area contributed by atoms with Crippen LogP contribution < -0.4 is 5.32 Å². The average Bonchev–Trinajstić information content (AvgIpc) is 2.84. The third-order valence-electron chi connectivity index (χ3n) is 4.61. The van der Waals surface area contributed by atoms with E-state index in [0.717, 1.165) is 42.3 Å². The number of hydrogen-bond acceptors (Lipinski definition) is 3. The smallest absolute Gasteiger partial charge is 0.256 e. The number of carbonyl (C=O) groups excluding carboxylic acids is 1. The fraction of sp³-hybridized carbons (Fsp3) is 0.444. The third kappa shape index (κ3) is 3.15. The fourth-order valence-corrected chi connectivity index (χ4v) is 3.21. The second kappa shape index (κ2) is 6.54. The summed E-state index contributed by atoms with van der Waals surface area (Å²) >= 11 is 0. The summed E-state index contributed by atoms with van der Waals surface area (Å²) in [5.41, 5.74) is 3.93. The minimum Gasteiger partial charge on any atom is -0.342 e. The predicted molar refractivity (Wildman–Crippen MR) is 90.6 cm³/mol. The molecule has 1 aliphatic heterocycles. The summed E-state index contributed by atoms with van der Waals surface area (Å²) < 4.78 is 2.17. The van der Waals surface area contributed by atoms with E-state index >= 15 is 0 Å². The molecule has 0 spiro atoms. The number of nitrogens with zero attached hydrogens (tertiary/aromatic N) is 3. The van der Waals surface area contributed by atoms with Crippen molar-refractivity contribution in [3.05, 3.63) is 53.1 Å². The number of carbonyl (C=O) groups is 1. The van der Waals surface area contributed by atoms with Crippen LogP contribution in [-0.2, 0) is 6.54 Å². The molecule has 1 aliphatic rings. The lowest BCUT2D eigenvalue weighted by atomic mass is 10.1. The largest absolute Gasteiger partial charge is 0.342 e. The molecule has 23 heavy (non-hydrogen) atoms. The molecule has 5 nitrogen and oxygen atoms in total. The van der Waals surface area contributed by atoms with E-state index in [2.05, 4.69) is 21.8 Å². The van der Waals surface area contributed by atoms with E-state index in [9.17, 15) is 4.79 Å². The molecule has 1 N–H and O–H groups in total. The van der Waals surface area contributed by atoms with E-state index in [1.165, 1.54) is 0 Å². The van der Waals surface area contributed by atoms with Crippen LogP contribution in [-0.4, -0.2) is 46.0 Å². The maximum absolute atomic E-state index is 12.9. The summed E-state index contributed by atoms with van der Waals surface area (Å²) in [5, 5.41) is 3.33. The standard InChI is InChI=1S/C18H24N4O/c1-13-10-17(18(23)21-9-8-19-11-14(21)2)15(3)22(13)12-16-6-4-5-7-20-16/h4-7,10,14,19H,8-9,11-12H2,1-3H3/t14-/m1/s1. The molecule has 1 amide bonds. The molecule has 0 radical (unpaired) electrons. The van der Waals surface area contributed by atoms with E-state index in [0.29, 0.717) is 6.54 Å². The lowest BCUT2D eigenvalue weighted by molar-refractivity contribution is 0.0655. The van der Waals surface area contributed by atoms with Gasteiger partial charge in [0.1, 0.15) is 0 Å². The molecule has 1 saturated heterocycles. The van der Waals surface area contributed by atoms with E-state index in [4.69, 9.17) is 0 Å². The number of aromatic nitrogens is 2. The first kappa shape index (κ1) is 15.7. The second-order valence-electron chi connectivity index (χ2n) is 6.24. The topological polar surface area (TPSA) is 50.2 Å². The second-order valence-corrected chi connectivity index (χ2v) is 6.24. The van der Waals surface area contributed by atoms with Crippen molar-refractivity contribution in [1.82, 2.24) is 19.8 Å². The molecule has 2 aromatic heterocycles. The molecule has 1 fully saturated rings. The van der Waals surface area contributed by atoms with Gasteiger partial charge in [-0.15, -0.1) is 0 Å². The highest BCUT2D eigenvalue weighted by Gasteiger charge is 2.26. The highest BCUT2D eigenvalue weighted by molar-refractivity contribution is 5.96. The number of hydrogen-bond donors (Lipinski definition) is 1. The Morgan fingerprint density at radius 3 is 2.91 bits per heavy atom. The Hall–Kier alpha value is -2.14. The Morgan fingerprint density at radius 2 is 2.22 bits per heavy atom. The van der Waals surface area contributed by atoms with Crippen LogP contribution in [0.4, 0.5) is 0 Å². The Morgan fingerprint density at radius 1 is 1.39 bits per heavy atom. The predicted octanol–water partition coefficient (Wildman–Crippen LogP) is 1.98. The molecule has 0 saturated carbocycles. The van der Waals surface area contributed by atoms with Crippen molar-refractivity contribution in [2.75, 3.05) is 19.6 Å². The van der Waals surface area contributed by atoms with E-state index < -0.39 is 0 Å². The summed E-state index contributed by atoms with van der Waals surface area (Å²) in [6, 6.07) is 8.16. The van der Waals surface area contributed by atoms with Crippen molar-refractivity contribution in [2.24, 2.45) is 0 Å². The molecule has 3 heterocycles. The first-order valence-electron chi connectivity index (χ1n) is 8.16. The molecular formula is C18H24N4O. The fourth-order valence-electron chi connectivity index (χ4n) is 3.21. The van der Waals surface area contributed by atoms with Gasteiger partial charge in [-0.05, 0) is 39.0 Å². The van der Waals surface area contributed by atoms with Crippen molar-refractivity contribution in [1.29, 1.82) is 0 Å². The van der Waals surface area contributed by atoms with Crippen molar-refractivity contribution in [2.45, 2.75) is 33.4 Å². The van der Waals surface area contributed by atoms with Crippen LogP contribution in [0.15, 0.2) is 30.5 Å². The molecule has 3 rings (SSSR count). The molecule has 0 bridgehead atoms. The van der Waals surface area contributed by atoms with E-state index in [1.54, 1.807) is 6.20 Å². The number of piperazine rings is 1. The molecule has 0 aliphatic carbocycles. The van der Waals surface area contributed by atoms with Crippen LogP contribution in [0.3, 0.4) is 0 Å². The number of pyridine rings is 1. The van der Waals surface area contributed by atoms with Gasteiger partial charge in [0, 0.05) is 43.3 Å². The van der Waals surface area contributed by atoms with Gasteiger partial charge in [-0.3, -0.25) is 9.78 Å². The number of aryl methyl sites for hydroxylation is 1. The third-order valence-corrected chi connectivity index (χ3v) is 4.61. The highest BCUT2D eigenvalue weighted by Crippen LogP contribution is 2.20. The Balaban J connectivity index is 1.86. The number of amides is 1. The Kier molecular flexibility index (Phi) is 4.48. The van der Waals surface area contributed by atoms with Gasteiger partial charge in [-0.1, -0.05) is 6.07 Å². The maximum Gasteiger partial charge on any atom is 0.256 e. The van der Waals surface area contributed by atoms with Gasteiger partial charge in [0.15, 0.2) is 0 Å². The van der Waals surface area contributed by atoms with Crippen LogP contribution in [0.2, 0.25) is 0 Å².